The summed E-state index contributed by atoms with van der Waals surface area (Å²) in [4.78, 5) is 24.3. The molecular weight excluding hydrogens is 350 g/mol. The summed E-state index contributed by atoms with van der Waals surface area (Å²) >= 11 is 0. The number of hydrogen-bond acceptors (Lipinski definition) is 5. The van der Waals surface area contributed by atoms with Crippen molar-refractivity contribution < 1.29 is 4.79 Å². The first-order valence-electron chi connectivity index (χ1n) is 9.64. The van der Waals surface area contributed by atoms with Crippen LogP contribution in [-0.4, -0.2) is 33.4 Å². The zero-order valence-corrected chi connectivity index (χ0v) is 16.2. The summed E-state index contributed by atoms with van der Waals surface area (Å²) in [6, 6.07) is 13.4. The van der Waals surface area contributed by atoms with E-state index in [4.69, 9.17) is 0 Å². The predicted molar refractivity (Wildman–Crippen MR) is 108 cm³/mol. The number of para-hydroxylation sites is 2. The molecule has 3 heterocycles. The SMILES string of the molecule is CC1CCN(c2ccc(C(=O)C(C#N)c3nc4ccccc4n3C)cn2)CC1. The van der Waals surface area contributed by atoms with Crippen molar-refractivity contribution in [3.8, 4) is 6.07 Å². The number of nitriles is 1. The summed E-state index contributed by atoms with van der Waals surface area (Å²) in [6.45, 7) is 4.25. The number of ketones is 1. The number of fused-ring (bicyclic) bond motifs is 1. The van der Waals surface area contributed by atoms with Gasteiger partial charge in [0.05, 0.1) is 17.1 Å². The van der Waals surface area contributed by atoms with Crippen LogP contribution in [0.25, 0.3) is 11.0 Å². The van der Waals surface area contributed by atoms with Crippen molar-refractivity contribution in [1.29, 1.82) is 5.26 Å². The van der Waals surface area contributed by atoms with Gasteiger partial charge in [0.2, 0.25) is 0 Å². The van der Waals surface area contributed by atoms with Gasteiger partial charge in [0.15, 0.2) is 11.7 Å². The Bertz CT molecular complexity index is 1040. The average Bonchev–Trinajstić information content (AvgIpc) is 3.06. The molecule has 0 amide bonds. The Labute approximate surface area is 164 Å². The van der Waals surface area contributed by atoms with Gasteiger partial charge >= 0.3 is 0 Å². The molecular formula is C22H23N5O. The molecule has 142 valence electrons. The second-order valence-corrected chi connectivity index (χ2v) is 7.52. The first-order chi connectivity index (χ1) is 13.6. The van der Waals surface area contributed by atoms with E-state index in [0.29, 0.717) is 11.4 Å². The molecule has 1 saturated heterocycles. The van der Waals surface area contributed by atoms with Gasteiger partial charge in [-0.15, -0.1) is 0 Å². The van der Waals surface area contributed by atoms with Crippen LogP contribution >= 0.6 is 0 Å². The van der Waals surface area contributed by atoms with Crippen LogP contribution in [0.4, 0.5) is 5.82 Å². The topological polar surface area (TPSA) is 74.8 Å². The number of piperidine rings is 1. The molecule has 2 aromatic heterocycles. The van der Waals surface area contributed by atoms with Gasteiger partial charge in [-0.25, -0.2) is 9.97 Å². The van der Waals surface area contributed by atoms with Crippen LogP contribution < -0.4 is 4.90 Å². The Morgan fingerprint density at radius 3 is 2.61 bits per heavy atom. The molecule has 1 aromatic carbocycles. The van der Waals surface area contributed by atoms with E-state index in [1.807, 2.05) is 41.9 Å². The van der Waals surface area contributed by atoms with Gasteiger partial charge in [0, 0.05) is 31.9 Å². The molecule has 0 radical (unpaired) electrons. The largest absolute Gasteiger partial charge is 0.357 e. The van der Waals surface area contributed by atoms with Gasteiger partial charge in [0.1, 0.15) is 11.6 Å². The summed E-state index contributed by atoms with van der Waals surface area (Å²) in [5.74, 6) is 0.873. The second-order valence-electron chi connectivity index (χ2n) is 7.52. The molecule has 6 nitrogen and oxygen atoms in total. The minimum absolute atomic E-state index is 0.271. The number of rotatable bonds is 4. The first kappa shape index (κ1) is 18.2. The third-order valence-corrected chi connectivity index (χ3v) is 5.61. The lowest BCUT2D eigenvalue weighted by molar-refractivity contribution is 0.0975. The fraction of sp³-hybridized carbons (Fsp3) is 0.364. The molecule has 6 heteroatoms. The smallest absolute Gasteiger partial charge is 0.189 e. The zero-order chi connectivity index (χ0) is 19.7. The monoisotopic (exact) mass is 373 g/mol. The van der Waals surface area contributed by atoms with Gasteiger partial charge in [-0.05, 0) is 43.0 Å². The number of hydrogen-bond donors (Lipinski definition) is 0. The molecule has 1 aliphatic rings. The lowest BCUT2D eigenvalue weighted by Gasteiger charge is -2.31. The summed E-state index contributed by atoms with van der Waals surface area (Å²) in [7, 11) is 1.83. The fourth-order valence-corrected chi connectivity index (χ4v) is 3.78. The molecule has 1 unspecified atom stereocenters. The number of nitrogens with zero attached hydrogens (tertiary/aromatic N) is 5. The minimum Gasteiger partial charge on any atom is -0.357 e. The molecule has 1 fully saturated rings. The van der Waals surface area contributed by atoms with Crippen molar-refractivity contribution in [1.82, 2.24) is 14.5 Å². The Morgan fingerprint density at radius 1 is 1.21 bits per heavy atom. The number of aromatic nitrogens is 3. The fourth-order valence-electron chi connectivity index (χ4n) is 3.78. The van der Waals surface area contributed by atoms with Crippen molar-refractivity contribution in [3.63, 3.8) is 0 Å². The molecule has 1 atom stereocenters. The van der Waals surface area contributed by atoms with Crippen molar-refractivity contribution in [3.05, 3.63) is 54.0 Å². The molecule has 28 heavy (non-hydrogen) atoms. The number of pyridine rings is 1. The number of Topliss-reactive ketones (excluding diaryl/α,β-unsaturated/α-hetero) is 1. The Balaban J connectivity index is 1.58. The van der Waals surface area contributed by atoms with Crippen LogP contribution in [0.3, 0.4) is 0 Å². The molecule has 1 aliphatic heterocycles. The highest BCUT2D eigenvalue weighted by atomic mass is 16.1. The van der Waals surface area contributed by atoms with Crippen LogP contribution in [0.2, 0.25) is 0 Å². The third kappa shape index (κ3) is 3.24. The molecule has 0 aliphatic carbocycles. The quantitative estimate of drug-likeness (QED) is 0.652. The third-order valence-electron chi connectivity index (χ3n) is 5.61. The second kappa shape index (κ2) is 7.43. The number of anilines is 1. The van der Waals surface area contributed by atoms with Gasteiger partial charge < -0.3 is 9.47 Å². The van der Waals surface area contributed by atoms with E-state index in [-0.39, 0.29) is 5.78 Å². The summed E-state index contributed by atoms with van der Waals surface area (Å²) in [5, 5.41) is 9.69. The maximum atomic E-state index is 13.0. The highest BCUT2D eigenvalue weighted by Gasteiger charge is 2.27. The normalized spacial score (nSPS) is 16.1. The number of carbonyl (C=O) groups is 1. The maximum absolute atomic E-state index is 13.0. The number of benzene rings is 1. The lowest BCUT2D eigenvalue weighted by Crippen LogP contribution is -2.33. The van der Waals surface area contributed by atoms with Crippen LogP contribution in [-0.2, 0) is 7.05 Å². The number of aryl methyl sites for hydroxylation is 1. The molecule has 3 aromatic rings. The lowest BCUT2D eigenvalue weighted by atomic mass is 9.98. The predicted octanol–water partition coefficient (Wildman–Crippen LogP) is 3.69. The Hall–Kier alpha value is -3.20. The number of imidazole rings is 1. The van der Waals surface area contributed by atoms with Crippen LogP contribution in [0.5, 0.6) is 0 Å². The Kier molecular flexibility index (Phi) is 4.82. The summed E-state index contributed by atoms with van der Waals surface area (Å²) in [5.41, 5.74) is 2.12. The average molecular weight is 373 g/mol. The van der Waals surface area contributed by atoms with Crippen molar-refractivity contribution in [2.24, 2.45) is 13.0 Å². The van der Waals surface area contributed by atoms with Crippen LogP contribution in [0.1, 0.15) is 41.9 Å². The van der Waals surface area contributed by atoms with Crippen molar-refractivity contribution in [2.75, 3.05) is 18.0 Å². The highest BCUT2D eigenvalue weighted by molar-refractivity contribution is 6.02. The number of carbonyl (C=O) groups excluding carboxylic acids is 1. The molecule has 4 rings (SSSR count). The molecule has 0 bridgehead atoms. The van der Waals surface area contributed by atoms with Crippen molar-refractivity contribution >= 4 is 22.6 Å². The van der Waals surface area contributed by atoms with Crippen LogP contribution in [0, 0.1) is 17.2 Å². The Morgan fingerprint density at radius 2 is 1.96 bits per heavy atom. The van der Waals surface area contributed by atoms with Crippen molar-refractivity contribution in [2.45, 2.75) is 25.7 Å². The van der Waals surface area contributed by atoms with E-state index in [1.54, 1.807) is 12.3 Å². The van der Waals surface area contributed by atoms with E-state index in [9.17, 15) is 10.1 Å². The van der Waals surface area contributed by atoms with E-state index < -0.39 is 5.92 Å². The van der Waals surface area contributed by atoms with E-state index in [2.05, 4.69) is 27.9 Å². The van der Waals surface area contributed by atoms with Gasteiger partial charge in [-0.2, -0.15) is 5.26 Å². The minimum atomic E-state index is -0.958. The molecule has 0 spiro atoms. The zero-order valence-electron chi connectivity index (χ0n) is 16.2. The maximum Gasteiger partial charge on any atom is 0.189 e. The first-order valence-corrected chi connectivity index (χ1v) is 9.64. The van der Waals surface area contributed by atoms with E-state index in [0.717, 1.165) is 48.7 Å². The van der Waals surface area contributed by atoms with Crippen LogP contribution in [0.15, 0.2) is 42.6 Å². The summed E-state index contributed by atoms with van der Waals surface area (Å²) in [6.07, 6.45) is 3.90. The highest BCUT2D eigenvalue weighted by Crippen LogP contribution is 2.25. The molecule has 0 saturated carbocycles. The van der Waals surface area contributed by atoms with E-state index >= 15 is 0 Å². The van der Waals surface area contributed by atoms with E-state index in [1.165, 1.54) is 0 Å². The van der Waals surface area contributed by atoms with Gasteiger partial charge in [-0.1, -0.05) is 19.1 Å². The standard InChI is InChI=1S/C22H23N5O/c1-15-9-11-27(12-10-15)20-8-7-16(14-24-20)21(28)17(13-23)22-25-18-5-3-4-6-19(18)26(22)2/h3-8,14-15,17H,9-12H2,1-2H3. The van der Waals surface area contributed by atoms with Gasteiger partial charge in [0.25, 0.3) is 0 Å². The molecule has 0 N–H and O–H groups in total. The summed E-state index contributed by atoms with van der Waals surface area (Å²) < 4.78 is 1.82. The van der Waals surface area contributed by atoms with Gasteiger partial charge in [-0.3, -0.25) is 4.79 Å².